The van der Waals surface area contributed by atoms with Gasteiger partial charge in [-0.2, -0.15) is 4.31 Å². The first-order chi connectivity index (χ1) is 15.3. The number of hydrogen-bond donors (Lipinski definition) is 2. The highest BCUT2D eigenvalue weighted by atomic mass is 32.2. The second kappa shape index (κ2) is 8.88. The van der Waals surface area contributed by atoms with Gasteiger partial charge in [0, 0.05) is 30.1 Å². The zero-order chi connectivity index (χ0) is 22.9. The summed E-state index contributed by atoms with van der Waals surface area (Å²) in [7, 11) is -3.70. The number of aromatic nitrogens is 1. The van der Waals surface area contributed by atoms with Gasteiger partial charge in [-0.3, -0.25) is 9.59 Å². The van der Waals surface area contributed by atoms with Crippen molar-refractivity contribution >= 4 is 26.8 Å². The van der Waals surface area contributed by atoms with Crippen molar-refractivity contribution in [2.24, 2.45) is 5.92 Å². The van der Waals surface area contributed by atoms with Gasteiger partial charge in [0.2, 0.25) is 15.6 Å². The van der Waals surface area contributed by atoms with Gasteiger partial charge in [0.1, 0.15) is 0 Å². The summed E-state index contributed by atoms with van der Waals surface area (Å²) in [5.74, 6) is -0.130. The van der Waals surface area contributed by atoms with Crippen LogP contribution in [0.25, 0.3) is 10.9 Å². The van der Waals surface area contributed by atoms with E-state index in [2.05, 4.69) is 10.3 Å². The minimum Gasteiger partial charge on any atom is -0.345 e. The predicted molar refractivity (Wildman–Crippen MR) is 124 cm³/mol. The Morgan fingerprint density at radius 2 is 1.91 bits per heavy atom. The van der Waals surface area contributed by atoms with Crippen molar-refractivity contribution in [1.29, 1.82) is 0 Å². The summed E-state index contributed by atoms with van der Waals surface area (Å²) in [5.41, 5.74) is 1.07. The number of H-pyrrole nitrogens is 1. The molecule has 2 atom stereocenters. The summed E-state index contributed by atoms with van der Waals surface area (Å²) < 4.78 is 28.0. The maximum Gasteiger partial charge on any atom is 0.252 e. The van der Waals surface area contributed by atoms with E-state index in [4.69, 9.17) is 0 Å². The van der Waals surface area contributed by atoms with E-state index in [-0.39, 0.29) is 16.5 Å². The standard InChI is InChI=1S/C24H27N3O4S/c1-16-7-6-12-27(15-16)32(30,31)19-10-11-22-20(13-19)21(14-23(28)26-22)24(29)25-17(2)18-8-4-3-5-9-18/h3-5,8-11,13-14,16-17H,6-7,12,15H2,1-2H3,(H,25,29)(H,26,28). The van der Waals surface area contributed by atoms with Crippen LogP contribution in [-0.2, 0) is 10.0 Å². The van der Waals surface area contributed by atoms with Crippen LogP contribution in [0.2, 0.25) is 0 Å². The molecule has 32 heavy (non-hydrogen) atoms. The number of carbonyl (C=O) groups excluding carboxylic acids is 1. The highest BCUT2D eigenvalue weighted by Gasteiger charge is 2.29. The lowest BCUT2D eigenvalue weighted by molar-refractivity contribution is 0.0941. The summed E-state index contributed by atoms with van der Waals surface area (Å²) in [4.78, 5) is 28.1. The van der Waals surface area contributed by atoms with Crippen molar-refractivity contribution in [2.45, 2.75) is 37.6 Å². The van der Waals surface area contributed by atoms with Crippen molar-refractivity contribution in [3.05, 3.63) is 76.1 Å². The Morgan fingerprint density at radius 3 is 2.62 bits per heavy atom. The van der Waals surface area contributed by atoms with E-state index in [1.807, 2.05) is 44.2 Å². The number of carbonyl (C=O) groups is 1. The van der Waals surface area contributed by atoms with Gasteiger partial charge < -0.3 is 10.3 Å². The van der Waals surface area contributed by atoms with Gasteiger partial charge in [0.05, 0.1) is 16.5 Å². The smallest absolute Gasteiger partial charge is 0.252 e. The van der Waals surface area contributed by atoms with Crippen LogP contribution in [0.4, 0.5) is 0 Å². The van der Waals surface area contributed by atoms with Gasteiger partial charge in [-0.25, -0.2) is 8.42 Å². The molecule has 0 bridgehead atoms. The van der Waals surface area contributed by atoms with Crippen LogP contribution in [0.1, 0.15) is 48.7 Å². The lowest BCUT2D eigenvalue weighted by Crippen LogP contribution is -2.39. The molecule has 2 heterocycles. The first-order valence-electron chi connectivity index (χ1n) is 10.8. The molecule has 0 radical (unpaired) electrons. The summed E-state index contributed by atoms with van der Waals surface area (Å²) >= 11 is 0. The van der Waals surface area contributed by atoms with Gasteiger partial charge >= 0.3 is 0 Å². The average Bonchev–Trinajstić information content (AvgIpc) is 2.78. The van der Waals surface area contributed by atoms with E-state index >= 15 is 0 Å². The number of rotatable bonds is 5. The maximum absolute atomic E-state index is 13.2. The number of nitrogens with zero attached hydrogens (tertiary/aromatic N) is 1. The van der Waals surface area contributed by atoms with Crippen molar-refractivity contribution in [1.82, 2.24) is 14.6 Å². The van der Waals surface area contributed by atoms with E-state index in [1.165, 1.54) is 22.5 Å². The van der Waals surface area contributed by atoms with Gasteiger partial charge in [0.15, 0.2) is 0 Å². The monoisotopic (exact) mass is 453 g/mol. The Bertz CT molecular complexity index is 1300. The number of sulfonamides is 1. The Hall–Kier alpha value is -2.97. The Labute approximate surface area is 187 Å². The lowest BCUT2D eigenvalue weighted by atomic mass is 10.0. The lowest BCUT2D eigenvalue weighted by Gasteiger charge is -2.30. The second-order valence-corrected chi connectivity index (χ2v) is 10.4. The quantitative estimate of drug-likeness (QED) is 0.618. The topological polar surface area (TPSA) is 99.3 Å². The van der Waals surface area contributed by atoms with Crippen LogP contribution in [0.3, 0.4) is 0 Å². The summed E-state index contributed by atoms with van der Waals surface area (Å²) in [6, 6.07) is 15.0. The van der Waals surface area contributed by atoms with Crippen LogP contribution < -0.4 is 10.9 Å². The summed E-state index contributed by atoms with van der Waals surface area (Å²) in [6.45, 7) is 4.87. The third-order valence-electron chi connectivity index (χ3n) is 5.96. The number of nitrogens with one attached hydrogen (secondary N) is 2. The Balaban J connectivity index is 1.71. The fourth-order valence-corrected chi connectivity index (χ4v) is 5.82. The molecule has 8 heteroatoms. The molecule has 0 spiro atoms. The molecule has 1 saturated heterocycles. The average molecular weight is 454 g/mol. The van der Waals surface area contributed by atoms with Crippen LogP contribution in [0, 0.1) is 5.92 Å². The molecule has 1 aromatic heterocycles. The van der Waals surface area contributed by atoms with Gasteiger partial charge in [-0.05, 0) is 49.4 Å². The fourth-order valence-electron chi connectivity index (χ4n) is 4.19. The minimum atomic E-state index is -3.70. The molecule has 1 aliphatic rings. The Morgan fingerprint density at radius 1 is 1.16 bits per heavy atom. The van der Waals surface area contributed by atoms with E-state index in [9.17, 15) is 18.0 Å². The first kappa shape index (κ1) is 22.2. The molecule has 1 aliphatic heterocycles. The number of aromatic amines is 1. The predicted octanol–water partition coefficient (Wildman–Crippen LogP) is 3.44. The summed E-state index contributed by atoms with van der Waals surface area (Å²) in [5, 5.41) is 3.30. The minimum absolute atomic E-state index is 0.122. The first-order valence-corrected chi connectivity index (χ1v) is 12.2. The van der Waals surface area contributed by atoms with Crippen molar-refractivity contribution < 1.29 is 13.2 Å². The number of amides is 1. The third-order valence-corrected chi connectivity index (χ3v) is 7.82. The van der Waals surface area contributed by atoms with E-state index in [0.717, 1.165) is 18.4 Å². The largest absolute Gasteiger partial charge is 0.345 e. The van der Waals surface area contributed by atoms with Gasteiger partial charge in [0.25, 0.3) is 5.91 Å². The van der Waals surface area contributed by atoms with Crippen molar-refractivity contribution in [2.75, 3.05) is 13.1 Å². The zero-order valence-electron chi connectivity index (χ0n) is 18.2. The molecular weight excluding hydrogens is 426 g/mol. The molecule has 7 nitrogen and oxygen atoms in total. The van der Waals surface area contributed by atoms with Gasteiger partial charge in [-0.1, -0.05) is 37.3 Å². The van der Waals surface area contributed by atoms with Crippen LogP contribution in [-0.4, -0.2) is 36.7 Å². The molecule has 1 fully saturated rings. The molecule has 4 rings (SSSR count). The molecule has 2 N–H and O–H groups in total. The molecule has 2 unspecified atom stereocenters. The highest BCUT2D eigenvalue weighted by Crippen LogP contribution is 2.26. The summed E-state index contributed by atoms with van der Waals surface area (Å²) in [6.07, 6.45) is 1.83. The molecule has 0 aliphatic carbocycles. The molecule has 2 aromatic carbocycles. The maximum atomic E-state index is 13.2. The molecule has 0 saturated carbocycles. The van der Waals surface area contributed by atoms with Crippen molar-refractivity contribution in [3.63, 3.8) is 0 Å². The number of pyridine rings is 1. The Kier molecular flexibility index (Phi) is 6.17. The van der Waals surface area contributed by atoms with E-state index in [1.54, 1.807) is 6.07 Å². The van der Waals surface area contributed by atoms with E-state index in [0.29, 0.717) is 29.9 Å². The third kappa shape index (κ3) is 4.47. The van der Waals surface area contributed by atoms with Crippen LogP contribution >= 0.6 is 0 Å². The van der Waals surface area contributed by atoms with Crippen LogP contribution in [0.5, 0.6) is 0 Å². The number of benzene rings is 2. The number of piperidine rings is 1. The van der Waals surface area contributed by atoms with E-state index < -0.39 is 21.5 Å². The normalized spacial score (nSPS) is 18.4. The number of hydrogen-bond acceptors (Lipinski definition) is 4. The van der Waals surface area contributed by atoms with Gasteiger partial charge in [-0.15, -0.1) is 0 Å². The zero-order valence-corrected chi connectivity index (χ0v) is 19.0. The highest BCUT2D eigenvalue weighted by molar-refractivity contribution is 7.89. The number of fused-ring (bicyclic) bond motifs is 1. The fraction of sp³-hybridized carbons (Fsp3) is 0.333. The van der Waals surface area contributed by atoms with Crippen LogP contribution in [0.15, 0.2) is 64.3 Å². The van der Waals surface area contributed by atoms with Crippen molar-refractivity contribution in [3.8, 4) is 0 Å². The molecule has 168 valence electrons. The molecule has 3 aromatic rings. The molecule has 1 amide bonds. The second-order valence-electron chi connectivity index (χ2n) is 8.47. The SMILES string of the molecule is CC1CCCN(S(=O)(=O)c2ccc3[nH]c(=O)cc(C(=O)NC(C)c4ccccc4)c3c2)C1. The molecular formula is C24H27N3O4S.